The standard InChI is InChI=1S/C16H26N2O/c1-12-6-7-14(9-13(12)2)16(17)11-18(3)10-15-5-4-8-19-15/h6-7,9,15-16H,4-5,8,10-11,17H2,1-3H3. The smallest absolute Gasteiger partial charge is 0.0702 e. The molecule has 1 saturated heterocycles. The van der Waals surface area contributed by atoms with E-state index in [1.54, 1.807) is 0 Å². The lowest BCUT2D eigenvalue weighted by molar-refractivity contribution is 0.0796. The van der Waals surface area contributed by atoms with E-state index in [4.69, 9.17) is 10.5 Å². The Morgan fingerprint density at radius 2 is 2.16 bits per heavy atom. The Balaban J connectivity index is 1.88. The van der Waals surface area contributed by atoms with Crippen LogP contribution in [0.15, 0.2) is 18.2 Å². The molecular formula is C16H26N2O. The number of hydrogen-bond donors (Lipinski definition) is 1. The van der Waals surface area contributed by atoms with E-state index >= 15 is 0 Å². The minimum absolute atomic E-state index is 0.0747. The molecule has 2 unspecified atom stereocenters. The highest BCUT2D eigenvalue weighted by atomic mass is 16.5. The van der Waals surface area contributed by atoms with E-state index in [9.17, 15) is 0 Å². The summed E-state index contributed by atoms with van der Waals surface area (Å²) in [6.07, 6.45) is 2.78. The van der Waals surface area contributed by atoms with Crippen LogP contribution < -0.4 is 5.73 Å². The molecule has 0 radical (unpaired) electrons. The molecule has 2 rings (SSSR count). The molecule has 1 aliphatic rings. The molecule has 3 heteroatoms. The van der Waals surface area contributed by atoms with Crippen molar-refractivity contribution in [3.8, 4) is 0 Å². The Hall–Kier alpha value is -0.900. The van der Waals surface area contributed by atoms with Gasteiger partial charge in [0.1, 0.15) is 0 Å². The maximum absolute atomic E-state index is 6.31. The number of rotatable bonds is 5. The molecule has 0 aromatic heterocycles. The van der Waals surface area contributed by atoms with Gasteiger partial charge in [-0.2, -0.15) is 0 Å². The zero-order valence-electron chi connectivity index (χ0n) is 12.4. The van der Waals surface area contributed by atoms with Crippen LogP contribution in [0.5, 0.6) is 0 Å². The predicted molar refractivity (Wildman–Crippen MR) is 79.3 cm³/mol. The molecule has 2 atom stereocenters. The van der Waals surface area contributed by atoms with Gasteiger partial charge in [-0.1, -0.05) is 18.2 Å². The zero-order valence-corrected chi connectivity index (χ0v) is 12.4. The van der Waals surface area contributed by atoms with Crippen molar-refractivity contribution >= 4 is 0 Å². The summed E-state index contributed by atoms with van der Waals surface area (Å²) >= 11 is 0. The average molecular weight is 262 g/mol. The second kappa shape index (κ2) is 6.51. The number of ether oxygens (including phenoxy) is 1. The number of likely N-dealkylation sites (N-methyl/N-ethyl adjacent to an activating group) is 1. The monoisotopic (exact) mass is 262 g/mol. The molecule has 1 aromatic rings. The van der Waals surface area contributed by atoms with Gasteiger partial charge in [0.05, 0.1) is 6.10 Å². The van der Waals surface area contributed by atoms with Crippen molar-refractivity contribution in [1.82, 2.24) is 4.90 Å². The fraction of sp³-hybridized carbons (Fsp3) is 0.625. The summed E-state index contributed by atoms with van der Waals surface area (Å²) in [5.41, 5.74) is 10.2. The van der Waals surface area contributed by atoms with Gasteiger partial charge < -0.3 is 15.4 Å². The lowest BCUT2D eigenvalue weighted by Crippen LogP contribution is -2.34. The van der Waals surface area contributed by atoms with Crippen LogP contribution >= 0.6 is 0 Å². The molecule has 0 bridgehead atoms. The summed E-state index contributed by atoms with van der Waals surface area (Å²) in [6.45, 7) is 7.05. The molecule has 3 nitrogen and oxygen atoms in total. The lowest BCUT2D eigenvalue weighted by atomic mass is 10.0. The van der Waals surface area contributed by atoms with E-state index in [1.165, 1.54) is 29.5 Å². The van der Waals surface area contributed by atoms with Crippen molar-refractivity contribution in [3.05, 3.63) is 34.9 Å². The number of nitrogens with zero attached hydrogens (tertiary/aromatic N) is 1. The lowest BCUT2D eigenvalue weighted by Gasteiger charge is -2.24. The molecule has 0 aliphatic carbocycles. The normalized spacial score (nSPS) is 21.0. The van der Waals surface area contributed by atoms with Gasteiger partial charge in [-0.25, -0.2) is 0 Å². The quantitative estimate of drug-likeness (QED) is 0.885. The highest BCUT2D eigenvalue weighted by Gasteiger charge is 2.18. The van der Waals surface area contributed by atoms with E-state index in [1.807, 2.05) is 0 Å². The fourth-order valence-electron chi connectivity index (χ4n) is 2.65. The van der Waals surface area contributed by atoms with Gasteiger partial charge in [0, 0.05) is 25.7 Å². The van der Waals surface area contributed by atoms with Crippen LogP contribution in [0.1, 0.15) is 35.6 Å². The third-order valence-electron chi connectivity index (χ3n) is 4.01. The number of nitrogens with two attached hydrogens (primary N) is 1. The van der Waals surface area contributed by atoms with Crippen molar-refractivity contribution < 1.29 is 4.74 Å². The first kappa shape index (κ1) is 14.5. The summed E-state index contributed by atoms with van der Waals surface area (Å²) in [5.74, 6) is 0. The van der Waals surface area contributed by atoms with Crippen LogP contribution in [0.3, 0.4) is 0 Å². The topological polar surface area (TPSA) is 38.5 Å². The van der Waals surface area contributed by atoms with Crippen LogP contribution in [-0.2, 0) is 4.74 Å². The Kier molecular flexibility index (Phi) is 4.97. The van der Waals surface area contributed by atoms with Gasteiger partial charge in [-0.3, -0.25) is 0 Å². The fourth-order valence-corrected chi connectivity index (χ4v) is 2.65. The third-order valence-corrected chi connectivity index (χ3v) is 4.01. The van der Waals surface area contributed by atoms with Crippen LogP contribution in [0.2, 0.25) is 0 Å². The first-order valence-electron chi connectivity index (χ1n) is 7.19. The Bertz CT molecular complexity index is 413. The first-order valence-corrected chi connectivity index (χ1v) is 7.19. The van der Waals surface area contributed by atoms with Gasteiger partial charge >= 0.3 is 0 Å². The predicted octanol–water partition coefficient (Wildman–Crippen LogP) is 2.41. The zero-order chi connectivity index (χ0) is 13.8. The largest absolute Gasteiger partial charge is 0.377 e. The van der Waals surface area contributed by atoms with Gasteiger partial charge in [0.25, 0.3) is 0 Å². The number of hydrogen-bond acceptors (Lipinski definition) is 3. The third kappa shape index (κ3) is 4.03. The van der Waals surface area contributed by atoms with Gasteiger partial charge in [-0.05, 0) is 50.4 Å². The molecule has 1 fully saturated rings. The summed E-state index contributed by atoms with van der Waals surface area (Å²) in [7, 11) is 2.13. The maximum Gasteiger partial charge on any atom is 0.0702 e. The minimum Gasteiger partial charge on any atom is -0.377 e. The van der Waals surface area contributed by atoms with Crippen molar-refractivity contribution in [1.29, 1.82) is 0 Å². The van der Waals surface area contributed by atoms with Gasteiger partial charge in [-0.15, -0.1) is 0 Å². The van der Waals surface area contributed by atoms with Crippen LogP contribution in [0.25, 0.3) is 0 Å². The second-order valence-electron chi connectivity index (χ2n) is 5.81. The van der Waals surface area contributed by atoms with E-state index in [-0.39, 0.29) is 6.04 Å². The Morgan fingerprint density at radius 3 is 2.79 bits per heavy atom. The molecule has 19 heavy (non-hydrogen) atoms. The molecule has 106 valence electrons. The van der Waals surface area contributed by atoms with Gasteiger partial charge in [0.2, 0.25) is 0 Å². The van der Waals surface area contributed by atoms with E-state index in [2.05, 4.69) is 44.0 Å². The molecule has 0 saturated carbocycles. The molecule has 2 N–H and O–H groups in total. The van der Waals surface area contributed by atoms with Gasteiger partial charge in [0.15, 0.2) is 0 Å². The average Bonchev–Trinajstić information content (AvgIpc) is 2.85. The molecular weight excluding hydrogens is 236 g/mol. The summed E-state index contributed by atoms with van der Waals surface area (Å²) in [6, 6.07) is 6.59. The van der Waals surface area contributed by atoms with E-state index in [0.29, 0.717) is 6.10 Å². The first-order chi connectivity index (χ1) is 9.06. The molecule has 0 spiro atoms. The van der Waals surface area contributed by atoms with E-state index < -0.39 is 0 Å². The molecule has 1 heterocycles. The highest BCUT2D eigenvalue weighted by molar-refractivity contribution is 5.31. The highest BCUT2D eigenvalue weighted by Crippen LogP contribution is 2.17. The number of benzene rings is 1. The van der Waals surface area contributed by atoms with Crippen molar-refractivity contribution in [2.24, 2.45) is 5.73 Å². The Morgan fingerprint density at radius 1 is 1.37 bits per heavy atom. The van der Waals surface area contributed by atoms with E-state index in [0.717, 1.165) is 19.7 Å². The minimum atomic E-state index is 0.0747. The van der Waals surface area contributed by atoms with Crippen molar-refractivity contribution in [3.63, 3.8) is 0 Å². The SMILES string of the molecule is Cc1ccc(C(N)CN(C)CC2CCCO2)cc1C. The second-order valence-corrected chi connectivity index (χ2v) is 5.81. The van der Waals surface area contributed by atoms with Crippen LogP contribution in [-0.4, -0.2) is 37.7 Å². The molecule has 1 aliphatic heterocycles. The number of aryl methyl sites for hydroxylation is 2. The maximum atomic E-state index is 6.31. The van der Waals surface area contributed by atoms with Crippen molar-refractivity contribution in [2.45, 2.75) is 38.8 Å². The molecule has 1 aromatic carbocycles. The summed E-state index contributed by atoms with van der Waals surface area (Å²) in [4.78, 5) is 2.29. The van der Waals surface area contributed by atoms with Crippen LogP contribution in [0.4, 0.5) is 0 Å². The van der Waals surface area contributed by atoms with Crippen LogP contribution in [0, 0.1) is 13.8 Å². The summed E-state index contributed by atoms with van der Waals surface area (Å²) in [5, 5.41) is 0. The Labute approximate surface area is 116 Å². The van der Waals surface area contributed by atoms with Crippen molar-refractivity contribution in [2.75, 3.05) is 26.7 Å². The summed E-state index contributed by atoms with van der Waals surface area (Å²) < 4.78 is 5.66. The molecule has 0 amide bonds.